The molecule has 0 saturated carbocycles. The summed E-state index contributed by atoms with van der Waals surface area (Å²) in [5, 5.41) is 3.06. The van der Waals surface area contributed by atoms with Crippen LogP contribution >= 0.6 is 0 Å². The highest BCUT2D eigenvalue weighted by molar-refractivity contribution is 7.89. The average Bonchev–Trinajstić information content (AvgIpc) is 2.43. The molecule has 2 atom stereocenters. The van der Waals surface area contributed by atoms with Gasteiger partial charge in [-0.1, -0.05) is 26.0 Å². The molecule has 20 heavy (non-hydrogen) atoms. The molecule has 1 fully saturated rings. The molecule has 0 aromatic heterocycles. The van der Waals surface area contributed by atoms with Gasteiger partial charge in [0, 0.05) is 19.6 Å². The van der Waals surface area contributed by atoms with Gasteiger partial charge in [0.15, 0.2) is 0 Å². The molecular weight excluding hydrogens is 272 g/mol. The standard InChI is InChI=1S/C15H24N2O2S/c1-12-8-9-17(11-13(12)2)20(18,19)15-6-4-14(5-7-15)10-16-3/h4-7,12-13,16H,8-11H2,1-3H3. The van der Waals surface area contributed by atoms with Crippen molar-refractivity contribution >= 4 is 10.0 Å². The minimum atomic E-state index is -3.34. The average molecular weight is 296 g/mol. The lowest BCUT2D eigenvalue weighted by molar-refractivity contribution is 0.212. The monoisotopic (exact) mass is 296 g/mol. The minimum absolute atomic E-state index is 0.402. The number of hydrogen-bond donors (Lipinski definition) is 1. The lowest BCUT2D eigenvalue weighted by atomic mass is 9.90. The van der Waals surface area contributed by atoms with E-state index in [-0.39, 0.29) is 0 Å². The Labute approximate surface area is 122 Å². The molecule has 0 spiro atoms. The van der Waals surface area contributed by atoms with Crippen LogP contribution in [0.1, 0.15) is 25.8 Å². The lowest BCUT2D eigenvalue weighted by Gasteiger charge is -2.34. The summed E-state index contributed by atoms with van der Waals surface area (Å²) in [7, 11) is -1.46. The summed E-state index contributed by atoms with van der Waals surface area (Å²) >= 11 is 0. The van der Waals surface area contributed by atoms with Crippen LogP contribution in [0.5, 0.6) is 0 Å². The van der Waals surface area contributed by atoms with Crippen molar-refractivity contribution in [1.29, 1.82) is 0 Å². The van der Waals surface area contributed by atoms with Crippen LogP contribution in [0, 0.1) is 11.8 Å². The highest BCUT2D eigenvalue weighted by atomic mass is 32.2. The Morgan fingerprint density at radius 3 is 2.40 bits per heavy atom. The quantitative estimate of drug-likeness (QED) is 0.925. The molecule has 1 N–H and O–H groups in total. The number of nitrogens with zero attached hydrogens (tertiary/aromatic N) is 1. The number of piperidine rings is 1. The van der Waals surface area contributed by atoms with Gasteiger partial charge in [0.1, 0.15) is 0 Å². The van der Waals surface area contributed by atoms with E-state index in [1.807, 2.05) is 19.2 Å². The Bertz CT molecular complexity index is 539. The Morgan fingerprint density at radius 2 is 1.85 bits per heavy atom. The van der Waals surface area contributed by atoms with E-state index in [4.69, 9.17) is 0 Å². The summed E-state index contributed by atoms with van der Waals surface area (Å²) < 4.78 is 26.9. The Hall–Kier alpha value is -0.910. The van der Waals surface area contributed by atoms with Crippen molar-refractivity contribution in [3.05, 3.63) is 29.8 Å². The van der Waals surface area contributed by atoms with Gasteiger partial charge >= 0.3 is 0 Å². The number of hydrogen-bond acceptors (Lipinski definition) is 3. The molecule has 1 aliphatic heterocycles. The largest absolute Gasteiger partial charge is 0.316 e. The van der Waals surface area contributed by atoms with Crippen LogP contribution in [0.15, 0.2) is 29.2 Å². The fourth-order valence-corrected chi connectivity index (χ4v) is 4.13. The van der Waals surface area contributed by atoms with E-state index in [0.29, 0.717) is 29.8 Å². The zero-order chi connectivity index (χ0) is 14.8. The SMILES string of the molecule is CNCc1ccc(S(=O)(=O)N2CCC(C)C(C)C2)cc1. The summed E-state index contributed by atoms with van der Waals surface area (Å²) in [5.74, 6) is 1.02. The van der Waals surface area contributed by atoms with Crippen LogP contribution in [-0.2, 0) is 16.6 Å². The van der Waals surface area contributed by atoms with Crippen LogP contribution in [0.2, 0.25) is 0 Å². The molecule has 2 unspecified atom stereocenters. The topological polar surface area (TPSA) is 49.4 Å². The Morgan fingerprint density at radius 1 is 1.20 bits per heavy atom. The van der Waals surface area contributed by atoms with Gasteiger partial charge in [-0.2, -0.15) is 4.31 Å². The highest BCUT2D eigenvalue weighted by Gasteiger charge is 2.31. The molecule has 5 heteroatoms. The molecule has 2 rings (SSSR count). The van der Waals surface area contributed by atoms with Gasteiger partial charge in [0.25, 0.3) is 0 Å². The number of rotatable bonds is 4. The van der Waals surface area contributed by atoms with Crippen LogP contribution in [0.25, 0.3) is 0 Å². The minimum Gasteiger partial charge on any atom is -0.316 e. The van der Waals surface area contributed by atoms with Crippen molar-refractivity contribution in [2.45, 2.75) is 31.7 Å². The zero-order valence-electron chi connectivity index (χ0n) is 12.5. The van der Waals surface area contributed by atoms with E-state index >= 15 is 0 Å². The summed E-state index contributed by atoms with van der Waals surface area (Å²) in [4.78, 5) is 0.402. The van der Waals surface area contributed by atoms with E-state index in [0.717, 1.165) is 18.5 Å². The second kappa shape index (κ2) is 6.24. The van der Waals surface area contributed by atoms with Crippen LogP contribution in [0.3, 0.4) is 0 Å². The fraction of sp³-hybridized carbons (Fsp3) is 0.600. The van der Waals surface area contributed by atoms with Crippen molar-refractivity contribution in [3.8, 4) is 0 Å². The summed E-state index contributed by atoms with van der Waals surface area (Å²) in [5.41, 5.74) is 1.09. The molecule has 112 valence electrons. The van der Waals surface area contributed by atoms with E-state index in [1.165, 1.54) is 0 Å². The van der Waals surface area contributed by atoms with Crippen molar-refractivity contribution in [2.75, 3.05) is 20.1 Å². The van der Waals surface area contributed by atoms with Crippen molar-refractivity contribution in [1.82, 2.24) is 9.62 Å². The lowest BCUT2D eigenvalue weighted by Crippen LogP contribution is -2.42. The van der Waals surface area contributed by atoms with Gasteiger partial charge in [-0.3, -0.25) is 0 Å². The molecule has 1 aromatic carbocycles. The number of benzene rings is 1. The number of sulfonamides is 1. The molecule has 0 bridgehead atoms. The van der Waals surface area contributed by atoms with Crippen LogP contribution in [-0.4, -0.2) is 32.9 Å². The second-order valence-electron chi connectivity index (χ2n) is 5.78. The van der Waals surface area contributed by atoms with Crippen molar-refractivity contribution in [3.63, 3.8) is 0 Å². The van der Waals surface area contributed by atoms with E-state index in [1.54, 1.807) is 16.4 Å². The molecular formula is C15H24N2O2S. The first kappa shape index (κ1) is 15.5. The van der Waals surface area contributed by atoms with Gasteiger partial charge < -0.3 is 5.32 Å². The summed E-state index contributed by atoms with van der Waals surface area (Å²) in [6.07, 6.45) is 0.943. The molecule has 1 aromatic rings. The van der Waals surface area contributed by atoms with Crippen molar-refractivity contribution < 1.29 is 8.42 Å². The maximum absolute atomic E-state index is 12.6. The van der Waals surface area contributed by atoms with Crippen molar-refractivity contribution in [2.24, 2.45) is 11.8 Å². The second-order valence-corrected chi connectivity index (χ2v) is 7.72. The molecule has 0 radical (unpaired) electrons. The molecule has 1 aliphatic rings. The molecule has 1 heterocycles. The Balaban J connectivity index is 2.17. The normalized spacial score (nSPS) is 24.8. The third-order valence-corrected chi connectivity index (χ3v) is 6.12. The van der Waals surface area contributed by atoms with E-state index in [9.17, 15) is 8.42 Å². The maximum atomic E-state index is 12.6. The van der Waals surface area contributed by atoms with Gasteiger partial charge in [0.05, 0.1) is 4.90 Å². The van der Waals surface area contributed by atoms with Crippen LogP contribution in [0.4, 0.5) is 0 Å². The van der Waals surface area contributed by atoms with Gasteiger partial charge in [-0.05, 0) is 43.0 Å². The molecule has 0 aliphatic carbocycles. The van der Waals surface area contributed by atoms with E-state index in [2.05, 4.69) is 19.2 Å². The summed E-state index contributed by atoms with van der Waals surface area (Å²) in [6, 6.07) is 7.17. The van der Waals surface area contributed by atoms with Gasteiger partial charge in [0.2, 0.25) is 10.0 Å². The first-order chi connectivity index (χ1) is 9.45. The Kier molecular flexibility index (Phi) is 4.83. The van der Waals surface area contributed by atoms with Crippen LogP contribution < -0.4 is 5.32 Å². The molecule has 4 nitrogen and oxygen atoms in total. The first-order valence-corrected chi connectivity index (χ1v) is 8.63. The van der Waals surface area contributed by atoms with Gasteiger partial charge in [-0.25, -0.2) is 8.42 Å². The zero-order valence-corrected chi connectivity index (χ0v) is 13.3. The third-order valence-electron chi connectivity index (χ3n) is 4.24. The third kappa shape index (κ3) is 3.22. The summed E-state index contributed by atoms with van der Waals surface area (Å²) in [6.45, 7) is 6.33. The molecule has 1 saturated heterocycles. The van der Waals surface area contributed by atoms with Gasteiger partial charge in [-0.15, -0.1) is 0 Å². The smallest absolute Gasteiger partial charge is 0.243 e. The molecule has 0 amide bonds. The number of nitrogens with one attached hydrogen (secondary N) is 1. The predicted molar refractivity (Wildman–Crippen MR) is 80.9 cm³/mol. The van der Waals surface area contributed by atoms with E-state index < -0.39 is 10.0 Å². The fourth-order valence-electron chi connectivity index (χ4n) is 2.58. The predicted octanol–water partition coefficient (Wildman–Crippen LogP) is 2.07. The maximum Gasteiger partial charge on any atom is 0.243 e. The first-order valence-electron chi connectivity index (χ1n) is 7.19. The highest BCUT2D eigenvalue weighted by Crippen LogP contribution is 2.27.